The van der Waals surface area contributed by atoms with E-state index in [4.69, 9.17) is 0 Å². The summed E-state index contributed by atoms with van der Waals surface area (Å²) in [6.45, 7) is 6.43. The number of carbonyl (C=O) groups is 1. The number of aromatic nitrogens is 1. The predicted octanol–water partition coefficient (Wildman–Crippen LogP) is 5.06. The molecule has 0 saturated heterocycles. The Bertz CT molecular complexity index is 589. The van der Waals surface area contributed by atoms with Gasteiger partial charge >= 0.3 is 0 Å². The Morgan fingerprint density at radius 3 is 2.62 bits per heavy atom. The van der Waals surface area contributed by atoms with E-state index in [9.17, 15) is 4.79 Å². The van der Waals surface area contributed by atoms with Crippen LogP contribution in [0.15, 0.2) is 29.6 Å². The van der Waals surface area contributed by atoms with E-state index in [1.165, 1.54) is 16.9 Å². The monoisotopic (exact) mass is 302 g/mol. The third kappa shape index (κ3) is 4.14. The third-order valence-corrected chi connectivity index (χ3v) is 4.37. The molecular formula is C17H22N2OS. The fraction of sp³-hybridized carbons (Fsp3) is 0.412. The summed E-state index contributed by atoms with van der Waals surface area (Å²) in [5.74, 6) is 0.615. The van der Waals surface area contributed by atoms with Gasteiger partial charge in [0.15, 0.2) is 5.13 Å². The molecule has 0 bridgehead atoms. The van der Waals surface area contributed by atoms with Gasteiger partial charge in [0.05, 0.1) is 5.69 Å². The van der Waals surface area contributed by atoms with E-state index in [1.54, 1.807) is 0 Å². The van der Waals surface area contributed by atoms with E-state index in [0.29, 0.717) is 17.5 Å². The number of carbonyl (C=O) groups excluding carboxylic acids is 1. The maximum Gasteiger partial charge on any atom is 0.226 e. The van der Waals surface area contributed by atoms with Crippen LogP contribution < -0.4 is 5.32 Å². The van der Waals surface area contributed by atoms with E-state index in [1.807, 2.05) is 12.3 Å². The highest BCUT2D eigenvalue weighted by molar-refractivity contribution is 7.14. The van der Waals surface area contributed by atoms with Crippen LogP contribution in [0.4, 0.5) is 5.13 Å². The number of amides is 1. The lowest BCUT2D eigenvalue weighted by atomic mass is 9.97. The second kappa shape index (κ2) is 7.36. The minimum absolute atomic E-state index is 0.0329. The highest BCUT2D eigenvalue weighted by atomic mass is 32.1. The molecule has 1 heterocycles. The second-order valence-corrected chi connectivity index (χ2v) is 6.13. The lowest BCUT2D eigenvalue weighted by Gasteiger charge is -2.08. The average Bonchev–Trinajstić information content (AvgIpc) is 2.95. The first-order chi connectivity index (χ1) is 10.1. The van der Waals surface area contributed by atoms with Gasteiger partial charge in [-0.2, -0.15) is 0 Å². The molecule has 4 heteroatoms. The van der Waals surface area contributed by atoms with Gasteiger partial charge in [-0.3, -0.25) is 4.79 Å². The van der Waals surface area contributed by atoms with Gasteiger partial charge in [-0.05, 0) is 24.3 Å². The zero-order valence-electron chi connectivity index (χ0n) is 12.8. The first-order valence-electron chi connectivity index (χ1n) is 7.49. The molecule has 1 amide bonds. The fourth-order valence-corrected chi connectivity index (χ4v) is 2.83. The minimum atomic E-state index is 0.0329. The van der Waals surface area contributed by atoms with Crippen molar-refractivity contribution in [3.05, 3.63) is 35.2 Å². The Kier molecular flexibility index (Phi) is 5.51. The van der Waals surface area contributed by atoms with Crippen LogP contribution in [0.25, 0.3) is 11.3 Å². The van der Waals surface area contributed by atoms with Crippen LogP contribution in [0.2, 0.25) is 0 Å². The van der Waals surface area contributed by atoms with Crippen LogP contribution in [0.1, 0.15) is 51.5 Å². The minimum Gasteiger partial charge on any atom is -0.302 e. The number of hydrogen-bond donors (Lipinski definition) is 1. The van der Waals surface area contributed by atoms with Gasteiger partial charge in [-0.25, -0.2) is 4.98 Å². The van der Waals surface area contributed by atoms with E-state index in [0.717, 1.165) is 24.1 Å². The van der Waals surface area contributed by atoms with Gasteiger partial charge < -0.3 is 5.32 Å². The summed E-state index contributed by atoms with van der Waals surface area (Å²) in [5, 5.41) is 5.50. The summed E-state index contributed by atoms with van der Waals surface area (Å²) in [6, 6.07) is 8.54. The van der Waals surface area contributed by atoms with E-state index < -0.39 is 0 Å². The van der Waals surface area contributed by atoms with Gasteiger partial charge in [0, 0.05) is 17.4 Å². The summed E-state index contributed by atoms with van der Waals surface area (Å²) in [4.78, 5) is 16.1. The smallest absolute Gasteiger partial charge is 0.226 e. The molecule has 112 valence electrons. The Balaban J connectivity index is 2.08. The van der Waals surface area contributed by atoms with Crippen molar-refractivity contribution in [3.8, 4) is 11.3 Å². The molecule has 2 aromatic rings. The van der Waals surface area contributed by atoms with Crippen LogP contribution in [0.5, 0.6) is 0 Å². The average molecular weight is 302 g/mol. The Morgan fingerprint density at radius 1 is 1.29 bits per heavy atom. The first kappa shape index (κ1) is 15.7. The second-order valence-electron chi connectivity index (χ2n) is 5.27. The molecular weight excluding hydrogens is 280 g/mol. The topological polar surface area (TPSA) is 42.0 Å². The molecule has 0 aliphatic rings. The van der Waals surface area contributed by atoms with E-state index in [-0.39, 0.29) is 5.91 Å². The summed E-state index contributed by atoms with van der Waals surface area (Å²) in [6.07, 6.45) is 2.53. The number of thiazole rings is 1. The number of anilines is 1. The molecule has 0 saturated carbocycles. The van der Waals surface area contributed by atoms with Gasteiger partial charge in [0.25, 0.3) is 0 Å². The van der Waals surface area contributed by atoms with Gasteiger partial charge in [-0.1, -0.05) is 45.0 Å². The Morgan fingerprint density at radius 2 is 2.00 bits per heavy atom. The lowest BCUT2D eigenvalue weighted by molar-refractivity contribution is -0.116. The number of benzene rings is 1. The highest BCUT2D eigenvalue weighted by Crippen LogP contribution is 2.27. The molecule has 1 unspecified atom stereocenters. The van der Waals surface area contributed by atoms with Gasteiger partial charge in [0.2, 0.25) is 5.91 Å². The van der Waals surface area contributed by atoms with Crippen molar-refractivity contribution in [3.63, 3.8) is 0 Å². The summed E-state index contributed by atoms with van der Waals surface area (Å²) >= 11 is 1.47. The van der Waals surface area contributed by atoms with Crippen molar-refractivity contribution in [1.82, 2.24) is 4.98 Å². The normalized spacial score (nSPS) is 12.1. The Hall–Kier alpha value is -1.68. The molecule has 21 heavy (non-hydrogen) atoms. The molecule has 0 spiro atoms. The van der Waals surface area contributed by atoms with Crippen LogP contribution in [-0.4, -0.2) is 10.9 Å². The fourth-order valence-electron chi connectivity index (χ4n) is 2.09. The maximum absolute atomic E-state index is 11.6. The van der Waals surface area contributed by atoms with Crippen molar-refractivity contribution >= 4 is 22.4 Å². The van der Waals surface area contributed by atoms with Crippen molar-refractivity contribution in [2.24, 2.45) is 0 Å². The van der Waals surface area contributed by atoms with Crippen LogP contribution in [0, 0.1) is 0 Å². The molecule has 0 aliphatic heterocycles. The van der Waals surface area contributed by atoms with Crippen LogP contribution >= 0.6 is 11.3 Å². The third-order valence-electron chi connectivity index (χ3n) is 3.62. The molecule has 1 atom stereocenters. The number of hydrogen-bond acceptors (Lipinski definition) is 3. The van der Waals surface area contributed by atoms with Crippen molar-refractivity contribution < 1.29 is 4.79 Å². The zero-order valence-corrected chi connectivity index (χ0v) is 13.7. The molecule has 3 nitrogen and oxygen atoms in total. The molecule has 1 aromatic heterocycles. The van der Waals surface area contributed by atoms with Gasteiger partial charge in [-0.15, -0.1) is 11.3 Å². The molecule has 0 fully saturated rings. The van der Waals surface area contributed by atoms with Crippen molar-refractivity contribution in [2.75, 3.05) is 5.32 Å². The summed E-state index contributed by atoms with van der Waals surface area (Å²) < 4.78 is 0. The van der Waals surface area contributed by atoms with E-state index in [2.05, 4.69) is 48.4 Å². The summed E-state index contributed by atoms with van der Waals surface area (Å²) in [5.41, 5.74) is 3.37. The Labute approximate surface area is 130 Å². The number of nitrogens with one attached hydrogen (secondary N) is 1. The molecule has 1 aromatic carbocycles. The maximum atomic E-state index is 11.6. The predicted molar refractivity (Wildman–Crippen MR) is 89.8 cm³/mol. The standard InChI is InChI=1S/C17H22N2OS/c1-4-6-16(20)19-17-18-15(11-21-17)14-9-7-13(8-10-14)12(3)5-2/h7-12H,4-6H2,1-3H3,(H,18,19,20). The zero-order chi connectivity index (χ0) is 15.2. The summed E-state index contributed by atoms with van der Waals surface area (Å²) in [7, 11) is 0. The SMILES string of the molecule is CCCC(=O)Nc1nc(-c2ccc(C(C)CC)cc2)cs1. The van der Waals surface area contributed by atoms with Crippen LogP contribution in [-0.2, 0) is 4.79 Å². The molecule has 2 rings (SSSR count). The molecule has 0 aliphatic carbocycles. The highest BCUT2D eigenvalue weighted by Gasteiger charge is 2.08. The van der Waals surface area contributed by atoms with Crippen molar-refractivity contribution in [1.29, 1.82) is 0 Å². The van der Waals surface area contributed by atoms with Gasteiger partial charge in [0.1, 0.15) is 0 Å². The first-order valence-corrected chi connectivity index (χ1v) is 8.37. The number of nitrogens with zero attached hydrogens (tertiary/aromatic N) is 1. The van der Waals surface area contributed by atoms with Crippen LogP contribution in [0.3, 0.4) is 0 Å². The quantitative estimate of drug-likeness (QED) is 0.810. The van der Waals surface area contributed by atoms with Crippen molar-refractivity contribution in [2.45, 2.75) is 46.0 Å². The lowest BCUT2D eigenvalue weighted by Crippen LogP contribution is -2.10. The molecule has 0 radical (unpaired) electrons. The van der Waals surface area contributed by atoms with E-state index >= 15 is 0 Å². The number of rotatable bonds is 6. The molecule has 1 N–H and O–H groups in total. The largest absolute Gasteiger partial charge is 0.302 e.